The Morgan fingerprint density at radius 3 is 2.71 bits per heavy atom. The lowest BCUT2D eigenvalue weighted by Gasteiger charge is -2.40. The van der Waals surface area contributed by atoms with Crippen LogP contribution in [-0.2, 0) is 14.8 Å². The van der Waals surface area contributed by atoms with Gasteiger partial charge in [-0.05, 0) is 25.6 Å². The molecule has 0 radical (unpaired) electrons. The molecule has 0 spiro atoms. The van der Waals surface area contributed by atoms with E-state index in [4.69, 9.17) is 4.74 Å². The maximum Gasteiger partial charge on any atom is 0.243 e. The molecule has 1 aromatic carbocycles. The average Bonchev–Trinajstić information content (AvgIpc) is 2.70. The largest absolute Gasteiger partial charge is 0.380 e. The van der Waals surface area contributed by atoms with E-state index in [-0.39, 0.29) is 6.04 Å². The van der Waals surface area contributed by atoms with Crippen LogP contribution in [0.25, 0.3) is 0 Å². The molecule has 2 atom stereocenters. The van der Waals surface area contributed by atoms with Crippen LogP contribution in [-0.4, -0.2) is 63.6 Å². The summed E-state index contributed by atoms with van der Waals surface area (Å²) in [5, 5.41) is 0. The molecule has 0 N–H and O–H groups in total. The predicted octanol–water partition coefficient (Wildman–Crippen LogP) is 1.03. The lowest BCUT2D eigenvalue weighted by Crippen LogP contribution is -2.53. The highest BCUT2D eigenvalue weighted by Gasteiger charge is 2.38. The van der Waals surface area contributed by atoms with E-state index >= 15 is 0 Å². The third kappa shape index (κ3) is 2.99. The highest BCUT2D eigenvalue weighted by Crippen LogP contribution is 2.28. The highest BCUT2D eigenvalue weighted by atomic mass is 32.2. The van der Waals surface area contributed by atoms with E-state index in [2.05, 4.69) is 11.9 Å². The minimum atomic E-state index is -3.38. The summed E-state index contributed by atoms with van der Waals surface area (Å²) in [6.45, 7) is 3.47. The predicted molar refractivity (Wildman–Crippen MR) is 80.5 cm³/mol. The monoisotopic (exact) mass is 310 g/mol. The first-order valence-electron chi connectivity index (χ1n) is 7.42. The molecule has 0 saturated carbocycles. The zero-order chi connectivity index (χ0) is 14.9. The summed E-state index contributed by atoms with van der Waals surface area (Å²) in [5.41, 5.74) is 0. The smallest absolute Gasteiger partial charge is 0.243 e. The Morgan fingerprint density at radius 2 is 1.95 bits per heavy atom. The first kappa shape index (κ1) is 15.0. The van der Waals surface area contributed by atoms with E-state index in [0.717, 1.165) is 26.2 Å². The van der Waals surface area contributed by atoms with Crippen LogP contribution in [0.4, 0.5) is 0 Å². The molecule has 2 aliphatic rings. The Morgan fingerprint density at radius 1 is 1.19 bits per heavy atom. The summed E-state index contributed by atoms with van der Waals surface area (Å²) >= 11 is 0. The van der Waals surface area contributed by atoms with E-state index in [1.165, 1.54) is 0 Å². The summed E-state index contributed by atoms with van der Waals surface area (Å²) in [4.78, 5) is 2.63. The molecule has 116 valence electrons. The second-order valence-electron chi connectivity index (χ2n) is 5.85. The van der Waals surface area contributed by atoms with Gasteiger partial charge in [-0.3, -0.25) is 4.90 Å². The molecule has 0 bridgehead atoms. The van der Waals surface area contributed by atoms with Gasteiger partial charge in [-0.15, -0.1) is 0 Å². The van der Waals surface area contributed by atoms with Crippen molar-refractivity contribution in [1.82, 2.24) is 9.21 Å². The van der Waals surface area contributed by atoms with E-state index in [1.807, 2.05) is 6.07 Å². The van der Waals surface area contributed by atoms with Crippen molar-refractivity contribution in [2.45, 2.75) is 17.4 Å². The summed E-state index contributed by atoms with van der Waals surface area (Å²) < 4.78 is 32.7. The topological polar surface area (TPSA) is 49.9 Å². The molecule has 21 heavy (non-hydrogen) atoms. The SMILES string of the molecule is CN1CCOC[C@H]2CCN(S(=O)(=O)c3ccccc3)C[C@H]21. The number of likely N-dealkylation sites (N-methyl/N-ethyl adjacent to an activating group) is 1. The van der Waals surface area contributed by atoms with E-state index in [9.17, 15) is 8.42 Å². The Bertz CT molecular complexity index is 576. The van der Waals surface area contributed by atoms with Crippen molar-refractivity contribution in [2.24, 2.45) is 5.92 Å². The van der Waals surface area contributed by atoms with Gasteiger partial charge in [0.2, 0.25) is 10.0 Å². The van der Waals surface area contributed by atoms with Crippen LogP contribution in [0.2, 0.25) is 0 Å². The fourth-order valence-corrected chi connectivity index (χ4v) is 4.71. The van der Waals surface area contributed by atoms with Crippen molar-refractivity contribution >= 4 is 10.0 Å². The maximum atomic E-state index is 12.7. The van der Waals surface area contributed by atoms with Gasteiger partial charge in [0.1, 0.15) is 0 Å². The summed E-state index contributed by atoms with van der Waals surface area (Å²) in [7, 11) is -1.32. The molecule has 0 aliphatic carbocycles. The van der Waals surface area contributed by atoms with Gasteiger partial charge in [0.05, 0.1) is 18.1 Å². The molecular formula is C15H22N2O3S. The molecule has 5 nitrogen and oxygen atoms in total. The van der Waals surface area contributed by atoms with E-state index in [0.29, 0.717) is 23.9 Å². The number of fused-ring (bicyclic) bond motifs is 1. The van der Waals surface area contributed by atoms with Gasteiger partial charge in [0, 0.05) is 31.6 Å². The number of rotatable bonds is 2. The summed E-state index contributed by atoms with van der Waals surface area (Å²) in [5.74, 6) is 0.430. The quantitative estimate of drug-likeness (QED) is 0.818. The number of piperidine rings is 1. The van der Waals surface area contributed by atoms with Crippen LogP contribution in [0.15, 0.2) is 35.2 Å². The molecular weight excluding hydrogens is 288 g/mol. The zero-order valence-corrected chi connectivity index (χ0v) is 13.1. The van der Waals surface area contributed by atoms with Gasteiger partial charge in [-0.2, -0.15) is 4.31 Å². The van der Waals surface area contributed by atoms with Crippen LogP contribution in [0.5, 0.6) is 0 Å². The Hall–Kier alpha value is -0.950. The molecule has 0 aromatic heterocycles. The van der Waals surface area contributed by atoms with Gasteiger partial charge in [-0.25, -0.2) is 8.42 Å². The molecule has 0 amide bonds. The molecule has 2 aliphatic heterocycles. The normalized spacial score (nSPS) is 28.8. The second-order valence-corrected chi connectivity index (χ2v) is 7.79. The third-order valence-corrected chi connectivity index (χ3v) is 6.43. The number of benzene rings is 1. The second kappa shape index (κ2) is 6.04. The van der Waals surface area contributed by atoms with E-state index in [1.54, 1.807) is 28.6 Å². The number of hydrogen-bond acceptors (Lipinski definition) is 4. The molecule has 2 fully saturated rings. The molecule has 6 heteroatoms. The minimum Gasteiger partial charge on any atom is -0.380 e. The van der Waals surface area contributed by atoms with Crippen molar-refractivity contribution in [2.75, 3.05) is 39.9 Å². The lowest BCUT2D eigenvalue weighted by atomic mass is 9.93. The average molecular weight is 310 g/mol. The Labute approximate surface area is 126 Å². The van der Waals surface area contributed by atoms with Crippen LogP contribution < -0.4 is 0 Å². The molecule has 0 unspecified atom stereocenters. The van der Waals surface area contributed by atoms with Gasteiger partial charge < -0.3 is 4.74 Å². The van der Waals surface area contributed by atoms with Gasteiger partial charge >= 0.3 is 0 Å². The van der Waals surface area contributed by atoms with Crippen LogP contribution in [0, 0.1) is 5.92 Å². The first-order chi connectivity index (χ1) is 10.1. The third-order valence-electron chi connectivity index (χ3n) is 4.55. The van der Waals surface area contributed by atoms with Crippen LogP contribution >= 0.6 is 0 Å². The van der Waals surface area contributed by atoms with Crippen LogP contribution in [0.3, 0.4) is 0 Å². The van der Waals surface area contributed by atoms with Gasteiger partial charge in [0.25, 0.3) is 0 Å². The first-order valence-corrected chi connectivity index (χ1v) is 8.86. The number of nitrogens with zero attached hydrogens (tertiary/aromatic N) is 2. The zero-order valence-electron chi connectivity index (χ0n) is 12.3. The molecule has 2 heterocycles. The van der Waals surface area contributed by atoms with Crippen molar-refractivity contribution in [3.8, 4) is 0 Å². The molecule has 2 saturated heterocycles. The van der Waals surface area contributed by atoms with E-state index < -0.39 is 10.0 Å². The highest BCUT2D eigenvalue weighted by molar-refractivity contribution is 7.89. The minimum absolute atomic E-state index is 0.250. The number of ether oxygens (including phenoxy) is 1. The molecule has 1 aromatic rings. The fraction of sp³-hybridized carbons (Fsp3) is 0.600. The summed E-state index contributed by atoms with van der Waals surface area (Å²) in [6.07, 6.45) is 0.862. The molecule has 3 rings (SSSR count). The number of hydrogen-bond donors (Lipinski definition) is 0. The Balaban J connectivity index is 1.81. The lowest BCUT2D eigenvalue weighted by molar-refractivity contribution is 0.0859. The van der Waals surface area contributed by atoms with Crippen molar-refractivity contribution in [1.29, 1.82) is 0 Å². The van der Waals surface area contributed by atoms with Crippen molar-refractivity contribution in [3.63, 3.8) is 0 Å². The Kier molecular flexibility index (Phi) is 4.31. The van der Waals surface area contributed by atoms with Gasteiger partial charge in [-0.1, -0.05) is 18.2 Å². The van der Waals surface area contributed by atoms with Crippen LogP contribution in [0.1, 0.15) is 6.42 Å². The number of sulfonamides is 1. The van der Waals surface area contributed by atoms with Crippen molar-refractivity contribution in [3.05, 3.63) is 30.3 Å². The van der Waals surface area contributed by atoms with Gasteiger partial charge in [0.15, 0.2) is 0 Å². The fourth-order valence-electron chi connectivity index (χ4n) is 3.21. The summed E-state index contributed by atoms with van der Waals surface area (Å²) in [6, 6.07) is 8.96. The standard InChI is InChI=1S/C15H22N2O3S/c1-16-9-10-20-12-13-7-8-17(11-15(13)16)21(18,19)14-5-3-2-4-6-14/h2-6,13,15H,7-12H2,1H3/t13-,15-/m1/s1. The van der Waals surface area contributed by atoms with Crippen molar-refractivity contribution < 1.29 is 13.2 Å². The maximum absolute atomic E-state index is 12.7.